The van der Waals surface area contributed by atoms with Gasteiger partial charge in [-0.25, -0.2) is 13.4 Å². The molecule has 13 heteroatoms. The van der Waals surface area contributed by atoms with E-state index < -0.39 is 47.1 Å². The summed E-state index contributed by atoms with van der Waals surface area (Å²) in [4.78, 5) is 3.73. The summed E-state index contributed by atoms with van der Waals surface area (Å²) < 4.78 is 93.7. The van der Waals surface area contributed by atoms with Gasteiger partial charge in [0, 0.05) is 5.41 Å². The predicted octanol–water partition coefficient (Wildman–Crippen LogP) is 5.22. The molecule has 0 aliphatic carbocycles. The van der Waals surface area contributed by atoms with E-state index in [2.05, 4.69) is 9.17 Å². The molecule has 2 rings (SSSR count). The van der Waals surface area contributed by atoms with Gasteiger partial charge in [-0.2, -0.15) is 21.6 Å². The van der Waals surface area contributed by atoms with Crippen LogP contribution in [0, 0.1) is 0 Å². The minimum Gasteiger partial charge on any atom is -0.439 e. The largest absolute Gasteiger partial charge is 0.523 e. The van der Waals surface area contributed by atoms with E-state index in [-0.39, 0.29) is 22.0 Å². The van der Waals surface area contributed by atoms with Gasteiger partial charge in [-0.1, -0.05) is 46.2 Å². The molecule has 1 heterocycles. The number of hydrogen-bond acceptors (Lipinski definition) is 7. The quantitative estimate of drug-likeness (QED) is 0.403. The molecule has 31 heavy (non-hydrogen) atoms. The van der Waals surface area contributed by atoms with Gasteiger partial charge >= 0.3 is 15.6 Å². The molecule has 178 valence electrons. The second kappa shape index (κ2) is 8.87. The minimum atomic E-state index is -5.97. The van der Waals surface area contributed by atoms with Gasteiger partial charge in [0.05, 0.1) is 16.4 Å². The van der Waals surface area contributed by atoms with Gasteiger partial charge in [-0.3, -0.25) is 4.18 Å². The fraction of sp³-hybridized carbons (Fsp3) is 0.611. The lowest BCUT2D eigenvalue weighted by molar-refractivity contribution is -0.0546. The third-order valence-corrected chi connectivity index (χ3v) is 7.88. The standard InChI is InChI=1S/C16H19ClF3NO6S2.C2H6/c1-14(2,3)13-21-10-7-6-9(17)12(11(10)27-13)28(22,23)15(4,5)8-26-29(24,25)16(18,19)20;1-2/h6-7H,8H2,1-5H3;1-2H3. The van der Waals surface area contributed by atoms with Crippen LogP contribution < -0.4 is 0 Å². The van der Waals surface area contributed by atoms with Crippen LogP contribution in [0.3, 0.4) is 0 Å². The second-order valence-electron chi connectivity index (χ2n) is 7.92. The number of oxazole rings is 1. The van der Waals surface area contributed by atoms with Crippen molar-refractivity contribution in [2.24, 2.45) is 0 Å². The maximum atomic E-state index is 13.2. The summed E-state index contributed by atoms with van der Waals surface area (Å²) in [7, 11) is -10.5. The number of hydrogen-bond donors (Lipinski definition) is 0. The Morgan fingerprint density at radius 3 is 2.00 bits per heavy atom. The topological polar surface area (TPSA) is 104 Å². The number of halogens is 4. The molecule has 0 aliphatic heterocycles. The van der Waals surface area contributed by atoms with Crippen LogP contribution in [0.1, 0.15) is 54.4 Å². The average Bonchev–Trinajstić information content (AvgIpc) is 3.04. The van der Waals surface area contributed by atoms with Crippen molar-refractivity contribution in [3.8, 4) is 0 Å². The Morgan fingerprint density at radius 1 is 1.03 bits per heavy atom. The number of nitrogens with zero attached hydrogens (tertiary/aromatic N) is 1. The molecule has 0 amide bonds. The van der Waals surface area contributed by atoms with Gasteiger partial charge in [0.25, 0.3) is 0 Å². The minimum absolute atomic E-state index is 0.172. The molecule has 0 bridgehead atoms. The van der Waals surface area contributed by atoms with Crippen molar-refractivity contribution in [2.45, 2.75) is 69.0 Å². The van der Waals surface area contributed by atoms with Gasteiger partial charge in [0.2, 0.25) is 5.89 Å². The molecule has 0 unspecified atom stereocenters. The lowest BCUT2D eigenvalue weighted by Crippen LogP contribution is -2.40. The van der Waals surface area contributed by atoms with E-state index in [0.717, 1.165) is 13.8 Å². The van der Waals surface area contributed by atoms with Crippen LogP contribution in [-0.4, -0.2) is 38.7 Å². The molecule has 0 aliphatic rings. The van der Waals surface area contributed by atoms with Gasteiger partial charge in [-0.15, -0.1) is 0 Å². The van der Waals surface area contributed by atoms with E-state index in [1.54, 1.807) is 20.8 Å². The smallest absolute Gasteiger partial charge is 0.439 e. The molecule has 1 aromatic heterocycles. The van der Waals surface area contributed by atoms with Crippen molar-refractivity contribution < 1.29 is 38.6 Å². The van der Waals surface area contributed by atoms with E-state index in [9.17, 15) is 30.0 Å². The normalized spacial score (nSPS) is 13.8. The highest BCUT2D eigenvalue weighted by atomic mass is 35.5. The summed E-state index contributed by atoms with van der Waals surface area (Å²) in [5.74, 6) is 0.222. The zero-order chi connectivity index (χ0) is 24.6. The summed E-state index contributed by atoms with van der Waals surface area (Å²) in [6, 6.07) is 2.70. The third kappa shape index (κ3) is 5.52. The molecule has 7 nitrogen and oxygen atoms in total. The summed E-state index contributed by atoms with van der Waals surface area (Å²) in [5.41, 5.74) is -6.24. The molecule has 0 spiro atoms. The first kappa shape index (κ1) is 27.7. The van der Waals surface area contributed by atoms with Gasteiger partial charge in [-0.05, 0) is 26.0 Å². The molecular weight excluding hydrogens is 483 g/mol. The molecule has 0 fully saturated rings. The SMILES string of the molecule is CC.CC(C)(C)c1nc2ccc(Cl)c(S(=O)(=O)C(C)(C)COS(=O)(=O)C(F)(F)F)c2o1. The van der Waals surface area contributed by atoms with E-state index >= 15 is 0 Å². The Labute approximate surface area is 185 Å². The van der Waals surface area contributed by atoms with Crippen molar-refractivity contribution in [2.75, 3.05) is 6.61 Å². The van der Waals surface area contributed by atoms with Crippen LogP contribution >= 0.6 is 11.6 Å². The molecule has 0 saturated heterocycles. The van der Waals surface area contributed by atoms with Crippen LogP contribution in [-0.2, 0) is 29.6 Å². The summed E-state index contributed by atoms with van der Waals surface area (Å²) in [6.07, 6.45) is 0. The monoisotopic (exact) mass is 507 g/mol. The van der Waals surface area contributed by atoms with Crippen molar-refractivity contribution in [1.29, 1.82) is 0 Å². The number of aromatic nitrogens is 1. The van der Waals surface area contributed by atoms with E-state index in [1.807, 2.05) is 13.8 Å². The number of fused-ring (bicyclic) bond motifs is 1. The van der Waals surface area contributed by atoms with Crippen molar-refractivity contribution in [3.63, 3.8) is 0 Å². The first-order valence-corrected chi connectivity index (χ1v) is 12.4. The van der Waals surface area contributed by atoms with E-state index in [1.165, 1.54) is 12.1 Å². The van der Waals surface area contributed by atoms with Crippen LogP contribution in [0.4, 0.5) is 13.2 Å². The highest BCUT2D eigenvalue weighted by molar-refractivity contribution is 7.93. The first-order chi connectivity index (χ1) is 13.8. The predicted molar refractivity (Wildman–Crippen MR) is 111 cm³/mol. The molecule has 0 atom stereocenters. The Balaban J connectivity index is 0.00000233. The highest BCUT2D eigenvalue weighted by Gasteiger charge is 2.50. The fourth-order valence-corrected chi connectivity index (χ4v) is 4.75. The summed E-state index contributed by atoms with van der Waals surface area (Å²) in [5, 5.41) is -0.249. The van der Waals surface area contributed by atoms with Gasteiger partial charge < -0.3 is 4.42 Å². The fourth-order valence-electron chi connectivity index (χ4n) is 2.16. The van der Waals surface area contributed by atoms with E-state index in [0.29, 0.717) is 0 Å². The molecule has 0 saturated carbocycles. The third-order valence-electron chi connectivity index (χ3n) is 3.95. The first-order valence-electron chi connectivity index (χ1n) is 9.11. The molecular formula is C18H25ClF3NO6S2. The van der Waals surface area contributed by atoms with Gasteiger partial charge in [0.15, 0.2) is 15.4 Å². The number of rotatable bonds is 5. The van der Waals surface area contributed by atoms with Crippen molar-refractivity contribution in [1.82, 2.24) is 4.98 Å². The molecule has 0 radical (unpaired) electrons. The molecule has 0 N–H and O–H groups in total. The Bertz CT molecular complexity index is 1150. The number of benzene rings is 1. The van der Waals surface area contributed by atoms with Crippen LogP contribution in [0.2, 0.25) is 5.02 Å². The molecule has 1 aromatic carbocycles. The zero-order valence-electron chi connectivity index (χ0n) is 18.1. The Kier molecular flexibility index (Phi) is 7.92. The van der Waals surface area contributed by atoms with Crippen LogP contribution in [0.25, 0.3) is 11.1 Å². The highest BCUT2D eigenvalue weighted by Crippen LogP contribution is 2.39. The summed E-state index contributed by atoms with van der Waals surface area (Å²) >= 11 is 6.07. The summed E-state index contributed by atoms with van der Waals surface area (Å²) in [6.45, 7) is 10.1. The van der Waals surface area contributed by atoms with Crippen LogP contribution in [0.5, 0.6) is 0 Å². The van der Waals surface area contributed by atoms with E-state index in [4.69, 9.17) is 16.0 Å². The van der Waals surface area contributed by atoms with Crippen molar-refractivity contribution >= 4 is 42.7 Å². The maximum Gasteiger partial charge on any atom is 0.523 e. The number of alkyl halides is 3. The Hall–Kier alpha value is -1.37. The second-order valence-corrected chi connectivity index (χ2v) is 12.5. The lowest BCUT2D eigenvalue weighted by Gasteiger charge is -2.25. The van der Waals surface area contributed by atoms with Crippen molar-refractivity contribution in [3.05, 3.63) is 23.0 Å². The lowest BCUT2D eigenvalue weighted by atomic mass is 9.97. The van der Waals surface area contributed by atoms with Gasteiger partial charge in [0.1, 0.15) is 10.4 Å². The zero-order valence-corrected chi connectivity index (χ0v) is 20.5. The Morgan fingerprint density at radius 2 is 1.55 bits per heavy atom. The average molecular weight is 508 g/mol. The van der Waals surface area contributed by atoms with Crippen LogP contribution in [0.15, 0.2) is 21.4 Å². The molecule has 2 aromatic rings. The maximum absolute atomic E-state index is 13.2. The number of sulfone groups is 1.